The quantitative estimate of drug-likeness (QED) is 0.529. The van der Waals surface area contributed by atoms with E-state index in [-0.39, 0.29) is 0 Å². The molecule has 20 heavy (non-hydrogen) atoms. The van der Waals surface area contributed by atoms with E-state index in [1.54, 1.807) is 0 Å². The largest absolute Gasteiger partial charge is 0.300 e. The second-order valence-corrected chi connectivity index (χ2v) is 6.83. The summed E-state index contributed by atoms with van der Waals surface area (Å²) in [5.74, 6) is 1.24. The average Bonchev–Trinajstić information content (AvgIpc) is 2.46. The zero-order chi connectivity index (χ0) is 14.5. The van der Waals surface area contributed by atoms with Crippen molar-refractivity contribution in [2.45, 2.75) is 110 Å². The number of unbranched alkanes of at least 4 members (excludes halogenated alkanes) is 3. The Balaban J connectivity index is 2.31. The number of rotatable bonds is 5. The second-order valence-electron chi connectivity index (χ2n) is 6.83. The molecular weight excluding hydrogens is 244 g/mol. The average molecular weight is 280 g/mol. The number of hydrogen-bond donors (Lipinski definition) is 0. The normalized spacial score (nSPS) is 23.6. The molecule has 1 saturated carbocycles. The fourth-order valence-electron chi connectivity index (χ4n) is 3.45. The molecule has 0 N–H and O–H groups in total. The minimum atomic E-state index is 0.546. The van der Waals surface area contributed by atoms with Crippen molar-refractivity contribution in [2.75, 3.05) is 0 Å². The highest BCUT2D eigenvalue weighted by Gasteiger charge is 2.14. The van der Waals surface area contributed by atoms with E-state index in [4.69, 9.17) is 0 Å². The van der Waals surface area contributed by atoms with Crippen LogP contribution in [0, 0.1) is 5.92 Å². The van der Waals surface area contributed by atoms with Crippen molar-refractivity contribution in [3.05, 3.63) is 0 Å². The molecule has 1 rings (SSSR count). The maximum absolute atomic E-state index is 12.1. The molecule has 0 amide bonds. The first kappa shape index (κ1) is 17.7. The summed E-state index contributed by atoms with van der Waals surface area (Å²) >= 11 is 0. The molecule has 1 atom stereocenters. The maximum Gasteiger partial charge on any atom is 0.133 e. The van der Waals surface area contributed by atoms with Crippen molar-refractivity contribution < 1.29 is 4.79 Å². The van der Waals surface area contributed by atoms with Gasteiger partial charge in [-0.25, -0.2) is 0 Å². The highest BCUT2D eigenvalue weighted by atomic mass is 16.1. The number of hydrogen-bond acceptors (Lipinski definition) is 1. The summed E-state index contributed by atoms with van der Waals surface area (Å²) in [5.41, 5.74) is 0. The smallest absolute Gasteiger partial charge is 0.133 e. The monoisotopic (exact) mass is 280 g/mol. The SMILES string of the molecule is CCCCCCC1CCCCCCCCCCC(=O)C1. The first-order chi connectivity index (χ1) is 9.83. The lowest BCUT2D eigenvalue weighted by atomic mass is 9.89. The minimum Gasteiger partial charge on any atom is -0.300 e. The van der Waals surface area contributed by atoms with Gasteiger partial charge in [0.25, 0.3) is 0 Å². The van der Waals surface area contributed by atoms with Crippen LogP contribution in [-0.2, 0) is 4.79 Å². The first-order valence-electron chi connectivity index (χ1n) is 9.34. The Hall–Kier alpha value is -0.330. The predicted octanol–water partition coefficient (Wildman–Crippen LogP) is 6.45. The number of ketones is 1. The lowest BCUT2D eigenvalue weighted by Crippen LogP contribution is -2.09. The molecule has 0 aromatic heterocycles. The van der Waals surface area contributed by atoms with Gasteiger partial charge in [0.2, 0.25) is 0 Å². The Labute approximate surface area is 126 Å². The second kappa shape index (κ2) is 12.4. The summed E-state index contributed by atoms with van der Waals surface area (Å²) in [6, 6.07) is 0. The number of carbonyl (C=O) groups excluding carboxylic acids is 1. The van der Waals surface area contributed by atoms with E-state index >= 15 is 0 Å². The molecule has 0 aliphatic heterocycles. The molecule has 0 radical (unpaired) electrons. The molecule has 1 nitrogen and oxygen atoms in total. The summed E-state index contributed by atoms with van der Waals surface area (Å²) in [6.45, 7) is 2.27. The molecule has 0 aromatic rings. The summed E-state index contributed by atoms with van der Waals surface area (Å²) < 4.78 is 0. The van der Waals surface area contributed by atoms with Crippen LogP contribution in [0.4, 0.5) is 0 Å². The van der Waals surface area contributed by atoms with Gasteiger partial charge in [-0.15, -0.1) is 0 Å². The molecule has 1 heteroatoms. The van der Waals surface area contributed by atoms with E-state index in [1.807, 2.05) is 0 Å². The van der Waals surface area contributed by atoms with Crippen LogP contribution >= 0.6 is 0 Å². The molecular formula is C19H36O. The first-order valence-corrected chi connectivity index (χ1v) is 9.34. The summed E-state index contributed by atoms with van der Waals surface area (Å²) in [7, 11) is 0. The number of Topliss-reactive ketones (excluding diaryl/α,β-unsaturated/α-hetero) is 1. The molecule has 118 valence electrons. The summed E-state index contributed by atoms with van der Waals surface area (Å²) in [5, 5.41) is 0. The molecule has 0 spiro atoms. The van der Waals surface area contributed by atoms with Gasteiger partial charge in [0.1, 0.15) is 5.78 Å². The molecule has 1 fully saturated rings. The van der Waals surface area contributed by atoms with Gasteiger partial charge in [0.15, 0.2) is 0 Å². The van der Waals surface area contributed by atoms with Crippen molar-refractivity contribution in [2.24, 2.45) is 5.92 Å². The fraction of sp³-hybridized carbons (Fsp3) is 0.947. The van der Waals surface area contributed by atoms with Crippen LogP contribution in [0.5, 0.6) is 0 Å². The minimum absolute atomic E-state index is 0.546. The van der Waals surface area contributed by atoms with Gasteiger partial charge in [-0.05, 0) is 12.3 Å². The Morgan fingerprint density at radius 1 is 0.850 bits per heavy atom. The Bertz CT molecular complexity index is 234. The van der Waals surface area contributed by atoms with Crippen molar-refractivity contribution >= 4 is 5.78 Å². The lowest BCUT2D eigenvalue weighted by molar-refractivity contribution is -0.120. The third-order valence-corrected chi connectivity index (χ3v) is 4.80. The van der Waals surface area contributed by atoms with Crippen LogP contribution in [0.15, 0.2) is 0 Å². The van der Waals surface area contributed by atoms with Crippen LogP contribution in [-0.4, -0.2) is 5.78 Å². The number of carbonyl (C=O) groups is 1. The van der Waals surface area contributed by atoms with Crippen LogP contribution in [0.3, 0.4) is 0 Å². The third kappa shape index (κ3) is 9.55. The summed E-state index contributed by atoms with van der Waals surface area (Å²) in [4.78, 5) is 12.1. The predicted molar refractivity (Wildman–Crippen MR) is 88.0 cm³/mol. The van der Waals surface area contributed by atoms with Gasteiger partial charge in [-0.3, -0.25) is 4.79 Å². The van der Waals surface area contributed by atoms with E-state index in [2.05, 4.69) is 6.92 Å². The van der Waals surface area contributed by atoms with Gasteiger partial charge in [0.05, 0.1) is 0 Å². The molecule has 1 aliphatic rings. The van der Waals surface area contributed by atoms with E-state index in [0.717, 1.165) is 19.3 Å². The maximum atomic E-state index is 12.1. The van der Waals surface area contributed by atoms with Gasteiger partial charge >= 0.3 is 0 Å². The van der Waals surface area contributed by atoms with Crippen LogP contribution in [0.1, 0.15) is 110 Å². The Morgan fingerprint density at radius 3 is 2.20 bits per heavy atom. The topological polar surface area (TPSA) is 17.1 Å². The molecule has 0 bridgehead atoms. The molecule has 1 aliphatic carbocycles. The van der Waals surface area contributed by atoms with Crippen molar-refractivity contribution in [1.29, 1.82) is 0 Å². The van der Waals surface area contributed by atoms with E-state index in [0.29, 0.717) is 11.7 Å². The van der Waals surface area contributed by atoms with Crippen molar-refractivity contribution in [3.8, 4) is 0 Å². The van der Waals surface area contributed by atoms with Gasteiger partial charge in [-0.2, -0.15) is 0 Å². The van der Waals surface area contributed by atoms with E-state index in [1.165, 1.54) is 83.5 Å². The van der Waals surface area contributed by atoms with Crippen LogP contribution < -0.4 is 0 Å². The van der Waals surface area contributed by atoms with Crippen molar-refractivity contribution in [3.63, 3.8) is 0 Å². The van der Waals surface area contributed by atoms with Gasteiger partial charge in [0, 0.05) is 12.8 Å². The third-order valence-electron chi connectivity index (χ3n) is 4.80. The molecule has 0 heterocycles. The van der Waals surface area contributed by atoms with Crippen molar-refractivity contribution in [1.82, 2.24) is 0 Å². The molecule has 0 aromatic carbocycles. The van der Waals surface area contributed by atoms with E-state index < -0.39 is 0 Å². The van der Waals surface area contributed by atoms with E-state index in [9.17, 15) is 4.79 Å². The lowest BCUT2D eigenvalue weighted by Gasteiger charge is -2.16. The van der Waals surface area contributed by atoms with Crippen LogP contribution in [0.2, 0.25) is 0 Å². The Morgan fingerprint density at radius 2 is 1.50 bits per heavy atom. The molecule has 0 saturated heterocycles. The highest BCUT2D eigenvalue weighted by Crippen LogP contribution is 2.24. The zero-order valence-corrected chi connectivity index (χ0v) is 13.8. The van der Waals surface area contributed by atoms with Gasteiger partial charge in [-0.1, -0.05) is 90.4 Å². The standard InChI is InChI=1S/C19H36O/c1-2-3-4-11-14-18-15-12-9-7-5-6-8-10-13-16-19(20)17-18/h18H,2-17H2,1H3. The van der Waals surface area contributed by atoms with Crippen LogP contribution in [0.25, 0.3) is 0 Å². The highest BCUT2D eigenvalue weighted by molar-refractivity contribution is 5.78. The van der Waals surface area contributed by atoms with Gasteiger partial charge < -0.3 is 0 Å². The summed E-state index contributed by atoms with van der Waals surface area (Å²) in [6.07, 6.45) is 20.4. The Kier molecular flexibility index (Phi) is 11.0. The fourth-order valence-corrected chi connectivity index (χ4v) is 3.45. The zero-order valence-electron chi connectivity index (χ0n) is 13.8. The molecule has 1 unspecified atom stereocenters.